The van der Waals surface area contributed by atoms with Crippen LogP contribution in [0.15, 0.2) is 6.20 Å². The molecule has 0 spiro atoms. The topological polar surface area (TPSA) is 62.7 Å². The van der Waals surface area contributed by atoms with Crippen molar-refractivity contribution in [2.45, 2.75) is 46.1 Å². The molecule has 90 valence electrons. The molecule has 0 bridgehead atoms. The van der Waals surface area contributed by atoms with Crippen molar-refractivity contribution in [2.24, 2.45) is 0 Å². The Kier molecular flexibility index (Phi) is 4.46. The van der Waals surface area contributed by atoms with Crippen LogP contribution in [-0.2, 0) is 0 Å². The second kappa shape index (κ2) is 5.63. The Labute approximate surface area is 97.1 Å². The molecule has 0 aromatic carbocycles. The van der Waals surface area contributed by atoms with Crippen molar-refractivity contribution in [3.05, 3.63) is 6.20 Å². The van der Waals surface area contributed by atoms with Crippen molar-refractivity contribution in [1.82, 2.24) is 15.2 Å². The molecule has 1 aromatic heterocycles. The summed E-state index contributed by atoms with van der Waals surface area (Å²) in [7, 11) is 0. The zero-order chi connectivity index (χ0) is 12.0. The molecular weight excluding hydrogens is 202 g/mol. The minimum Gasteiger partial charge on any atom is -0.369 e. The lowest BCUT2D eigenvalue weighted by atomic mass is 10.1. The molecule has 16 heavy (non-hydrogen) atoms. The lowest BCUT2D eigenvalue weighted by Crippen LogP contribution is -2.27. The highest BCUT2D eigenvalue weighted by Gasteiger charge is 2.11. The van der Waals surface area contributed by atoms with Crippen LogP contribution in [0.1, 0.15) is 40.5 Å². The maximum absolute atomic E-state index is 4.33. The highest BCUT2D eigenvalue weighted by atomic mass is 15.3. The molecule has 0 aliphatic heterocycles. The van der Waals surface area contributed by atoms with Crippen molar-refractivity contribution in [3.8, 4) is 0 Å². The predicted octanol–water partition coefficient (Wildman–Crippen LogP) is 2.29. The molecule has 0 atom stereocenters. The summed E-state index contributed by atoms with van der Waals surface area (Å²) < 4.78 is 0. The minimum atomic E-state index is -0.0519. The summed E-state index contributed by atoms with van der Waals surface area (Å²) >= 11 is 0. The van der Waals surface area contributed by atoms with Crippen molar-refractivity contribution in [1.29, 1.82) is 0 Å². The first-order valence-corrected chi connectivity index (χ1v) is 5.73. The van der Waals surface area contributed by atoms with E-state index < -0.39 is 0 Å². The van der Waals surface area contributed by atoms with E-state index in [2.05, 4.69) is 53.5 Å². The van der Waals surface area contributed by atoms with E-state index in [0.717, 1.165) is 18.8 Å². The van der Waals surface area contributed by atoms with E-state index in [0.29, 0.717) is 5.95 Å². The molecule has 0 fully saturated rings. The molecule has 0 amide bonds. The van der Waals surface area contributed by atoms with Gasteiger partial charge in [-0.3, -0.25) is 0 Å². The molecule has 5 heteroatoms. The first-order valence-electron chi connectivity index (χ1n) is 5.73. The lowest BCUT2D eigenvalue weighted by Gasteiger charge is -2.20. The van der Waals surface area contributed by atoms with Crippen LogP contribution in [0.3, 0.4) is 0 Å². The Hall–Kier alpha value is -1.39. The van der Waals surface area contributed by atoms with E-state index in [1.54, 1.807) is 6.20 Å². The zero-order valence-corrected chi connectivity index (χ0v) is 10.5. The van der Waals surface area contributed by atoms with Crippen molar-refractivity contribution < 1.29 is 0 Å². The van der Waals surface area contributed by atoms with Crippen LogP contribution in [0, 0.1) is 0 Å². The van der Waals surface area contributed by atoms with Gasteiger partial charge in [-0.1, -0.05) is 13.3 Å². The number of unbranched alkanes of at least 4 members (excludes halogenated alkanes) is 1. The molecule has 0 saturated heterocycles. The Morgan fingerprint density at radius 2 is 2.06 bits per heavy atom. The molecule has 0 unspecified atom stereocenters. The van der Waals surface area contributed by atoms with Gasteiger partial charge in [0.15, 0.2) is 0 Å². The van der Waals surface area contributed by atoms with Crippen molar-refractivity contribution >= 4 is 11.8 Å². The van der Waals surface area contributed by atoms with Crippen LogP contribution in [0.25, 0.3) is 0 Å². The molecule has 2 N–H and O–H groups in total. The smallest absolute Gasteiger partial charge is 0.245 e. The number of rotatable bonds is 5. The molecule has 1 aromatic rings. The normalized spacial score (nSPS) is 11.2. The fourth-order valence-electron chi connectivity index (χ4n) is 1.17. The van der Waals surface area contributed by atoms with E-state index in [9.17, 15) is 0 Å². The van der Waals surface area contributed by atoms with E-state index in [1.165, 1.54) is 6.42 Å². The van der Waals surface area contributed by atoms with Gasteiger partial charge in [-0.15, -0.1) is 5.10 Å². The SMILES string of the molecule is CCCCNc1cnnc(NC(C)(C)C)n1. The van der Waals surface area contributed by atoms with Crippen LogP contribution in [0.4, 0.5) is 11.8 Å². The Bertz CT molecular complexity index is 318. The third kappa shape index (κ3) is 4.91. The quantitative estimate of drug-likeness (QED) is 0.750. The summed E-state index contributed by atoms with van der Waals surface area (Å²) in [6.07, 6.45) is 3.94. The molecular formula is C11H21N5. The number of hydrogen-bond donors (Lipinski definition) is 2. The molecule has 0 aliphatic rings. The summed E-state index contributed by atoms with van der Waals surface area (Å²) in [5.74, 6) is 1.34. The molecule has 5 nitrogen and oxygen atoms in total. The van der Waals surface area contributed by atoms with Crippen molar-refractivity contribution in [3.63, 3.8) is 0 Å². The molecule has 0 saturated carbocycles. The van der Waals surface area contributed by atoms with E-state index >= 15 is 0 Å². The van der Waals surface area contributed by atoms with Gasteiger partial charge < -0.3 is 10.6 Å². The number of hydrogen-bond acceptors (Lipinski definition) is 5. The fourth-order valence-corrected chi connectivity index (χ4v) is 1.17. The van der Waals surface area contributed by atoms with Gasteiger partial charge in [-0.05, 0) is 27.2 Å². The highest BCUT2D eigenvalue weighted by Crippen LogP contribution is 2.10. The number of aromatic nitrogens is 3. The maximum Gasteiger partial charge on any atom is 0.245 e. The Balaban J connectivity index is 2.57. The Morgan fingerprint density at radius 3 is 2.69 bits per heavy atom. The summed E-state index contributed by atoms with van der Waals surface area (Å²) in [5.41, 5.74) is -0.0519. The molecule has 1 rings (SSSR count). The first-order chi connectivity index (χ1) is 7.51. The zero-order valence-electron chi connectivity index (χ0n) is 10.5. The van der Waals surface area contributed by atoms with Crippen LogP contribution in [-0.4, -0.2) is 27.3 Å². The minimum absolute atomic E-state index is 0.0519. The van der Waals surface area contributed by atoms with Crippen LogP contribution in [0.2, 0.25) is 0 Å². The van der Waals surface area contributed by atoms with Gasteiger partial charge in [0, 0.05) is 12.1 Å². The van der Waals surface area contributed by atoms with E-state index in [4.69, 9.17) is 0 Å². The van der Waals surface area contributed by atoms with E-state index in [1.807, 2.05) is 0 Å². The van der Waals surface area contributed by atoms with Gasteiger partial charge in [0.1, 0.15) is 5.82 Å². The van der Waals surface area contributed by atoms with Crippen molar-refractivity contribution in [2.75, 3.05) is 17.2 Å². The standard InChI is InChI=1S/C11H21N5/c1-5-6-7-12-9-8-13-16-10(14-9)15-11(2,3)4/h8H,5-7H2,1-4H3,(H2,12,14,15,16). The lowest BCUT2D eigenvalue weighted by molar-refractivity contribution is 0.623. The monoisotopic (exact) mass is 223 g/mol. The van der Waals surface area contributed by atoms with E-state index in [-0.39, 0.29) is 5.54 Å². The van der Waals surface area contributed by atoms with Gasteiger partial charge in [0.25, 0.3) is 0 Å². The third-order valence-electron chi connectivity index (χ3n) is 1.88. The molecule has 0 aliphatic carbocycles. The van der Waals surface area contributed by atoms with Gasteiger partial charge >= 0.3 is 0 Å². The molecule has 1 heterocycles. The third-order valence-corrected chi connectivity index (χ3v) is 1.88. The van der Waals surface area contributed by atoms with Gasteiger partial charge in [-0.25, -0.2) is 0 Å². The summed E-state index contributed by atoms with van der Waals surface area (Å²) in [4.78, 5) is 4.33. The van der Waals surface area contributed by atoms with Crippen LogP contribution < -0.4 is 10.6 Å². The summed E-state index contributed by atoms with van der Waals surface area (Å²) in [6, 6.07) is 0. The number of anilines is 2. The van der Waals surface area contributed by atoms with Gasteiger partial charge in [-0.2, -0.15) is 10.1 Å². The fraction of sp³-hybridized carbons (Fsp3) is 0.727. The summed E-state index contributed by atoms with van der Waals surface area (Å²) in [6.45, 7) is 9.27. The maximum atomic E-state index is 4.33. The predicted molar refractivity (Wildman–Crippen MR) is 66.6 cm³/mol. The number of nitrogens with zero attached hydrogens (tertiary/aromatic N) is 3. The second-order valence-corrected chi connectivity index (χ2v) is 4.82. The average Bonchev–Trinajstić information content (AvgIpc) is 2.16. The first kappa shape index (κ1) is 12.7. The molecule has 0 radical (unpaired) electrons. The van der Waals surface area contributed by atoms with Gasteiger partial charge in [0.05, 0.1) is 6.20 Å². The number of nitrogens with one attached hydrogen (secondary N) is 2. The van der Waals surface area contributed by atoms with Gasteiger partial charge in [0.2, 0.25) is 5.95 Å². The highest BCUT2D eigenvalue weighted by molar-refractivity contribution is 5.37. The average molecular weight is 223 g/mol. The van der Waals surface area contributed by atoms with Crippen LogP contribution in [0.5, 0.6) is 0 Å². The second-order valence-electron chi connectivity index (χ2n) is 4.82. The largest absolute Gasteiger partial charge is 0.369 e. The summed E-state index contributed by atoms with van der Waals surface area (Å²) in [5, 5.41) is 14.3. The van der Waals surface area contributed by atoms with Crippen LogP contribution >= 0.6 is 0 Å². The Morgan fingerprint density at radius 1 is 1.31 bits per heavy atom.